The summed E-state index contributed by atoms with van der Waals surface area (Å²) < 4.78 is 0.903. The molecular weight excluding hydrogens is 243 g/mol. The minimum absolute atomic E-state index is 0.0292. The molecule has 0 fully saturated rings. The molecule has 0 spiro atoms. The van der Waals surface area contributed by atoms with Crippen LogP contribution in [0, 0.1) is 3.57 Å². The van der Waals surface area contributed by atoms with Gasteiger partial charge in [-0.1, -0.05) is 0 Å². The van der Waals surface area contributed by atoms with E-state index < -0.39 is 0 Å². The second kappa shape index (κ2) is 3.16. The average Bonchev–Trinajstić information content (AvgIpc) is 1.88. The molecule has 1 aromatic heterocycles. The predicted molar refractivity (Wildman–Crippen MR) is 47.3 cm³/mol. The Bertz CT molecular complexity index is 239. The largest absolute Gasteiger partial charge is 0.397 e. The molecule has 0 aliphatic rings. The van der Waals surface area contributed by atoms with Crippen LogP contribution >= 0.6 is 22.6 Å². The minimum atomic E-state index is -0.0292. The van der Waals surface area contributed by atoms with Gasteiger partial charge in [-0.15, -0.1) is 0 Å². The van der Waals surface area contributed by atoms with Gasteiger partial charge in [0.15, 0.2) is 0 Å². The molecule has 10 heavy (non-hydrogen) atoms. The van der Waals surface area contributed by atoms with Crippen molar-refractivity contribution in [1.82, 2.24) is 4.98 Å². The van der Waals surface area contributed by atoms with Gasteiger partial charge in [0.05, 0.1) is 24.2 Å². The fraction of sp³-hybridized carbons (Fsp3) is 0.167. The molecule has 0 atom stereocenters. The van der Waals surface area contributed by atoms with E-state index in [9.17, 15) is 0 Å². The van der Waals surface area contributed by atoms with Gasteiger partial charge in [0.25, 0.3) is 0 Å². The number of halogens is 1. The van der Waals surface area contributed by atoms with Crippen LogP contribution in [0.3, 0.4) is 0 Å². The van der Waals surface area contributed by atoms with Crippen LogP contribution in [0.2, 0.25) is 0 Å². The molecule has 0 aromatic carbocycles. The minimum Gasteiger partial charge on any atom is -0.397 e. The maximum absolute atomic E-state index is 8.70. The summed E-state index contributed by atoms with van der Waals surface area (Å²) in [6.45, 7) is -0.0292. The number of pyridine rings is 1. The molecule has 0 bridgehead atoms. The van der Waals surface area contributed by atoms with Gasteiger partial charge in [-0.2, -0.15) is 0 Å². The Morgan fingerprint density at radius 3 is 2.90 bits per heavy atom. The van der Waals surface area contributed by atoms with Crippen molar-refractivity contribution in [3.05, 3.63) is 21.5 Å². The molecule has 1 rings (SSSR count). The molecule has 4 heteroatoms. The highest BCUT2D eigenvalue weighted by molar-refractivity contribution is 14.1. The van der Waals surface area contributed by atoms with Crippen LogP contribution in [-0.2, 0) is 6.61 Å². The van der Waals surface area contributed by atoms with Gasteiger partial charge < -0.3 is 10.8 Å². The molecule has 0 radical (unpaired) electrons. The molecule has 0 amide bonds. The van der Waals surface area contributed by atoms with Crippen LogP contribution in [0.15, 0.2) is 12.3 Å². The van der Waals surface area contributed by atoms with Gasteiger partial charge >= 0.3 is 0 Å². The molecular formula is C6H7IN2O. The first kappa shape index (κ1) is 7.74. The third-order valence-corrected chi connectivity index (χ3v) is 2.02. The first-order valence-electron chi connectivity index (χ1n) is 2.75. The number of nitrogens with zero attached hydrogens (tertiary/aromatic N) is 1. The molecule has 0 saturated carbocycles. The van der Waals surface area contributed by atoms with E-state index in [-0.39, 0.29) is 6.61 Å². The maximum atomic E-state index is 8.70. The van der Waals surface area contributed by atoms with Crippen molar-refractivity contribution in [1.29, 1.82) is 0 Å². The molecule has 54 valence electrons. The van der Waals surface area contributed by atoms with Crippen LogP contribution in [0.5, 0.6) is 0 Å². The van der Waals surface area contributed by atoms with Crippen molar-refractivity contribution >= 4 is 28.3 Å². The summed E-state index contributed by atoms with van der Waals surface area (Å²) in [6.07, 6.45) is 1.54. The molecule has 0 saturated heterocycles. The molecule has 0 aliphatic heterocycles. The highest BCUT2D eigenvalue weighted by Crippen LogP contribution is 2.12. The predicted octanol–water partition coefficient (Wildman–Crippen LogP) is 0.761. The number of nitrogen functional groups attached to an aromatic ring is 1. The van der Waals surface area contributed by atoms with E-state index in [0.29, 0.717) is 11.4 Å². The Morgan fingerprint density at radius 2 is 2.40 bits per heavy atom. The Balaban J connectivity index is 3.07. The Kier molecular flexibility index (Phi) is 2.44. The number of aromatic nitrogens is 1. The monoisotopic (exact) mass is 250 g/mol. The lowest BCUT2D eigenvalue weighted by molar-refractivity contribution is 0.276. The zero-order valence-corrected chi connectivity index (χ0v) is 7.37. The van der Waals surface area contributed by atoms with E-state index in [1.165, 1.54) is 6.20 Å². The van der Waals surface area contributed by atoms with E-state index >= 15 is 0 Å². The molecule has 0 unspecified atom stereocenters. The molecule has 1 heterocycles. The van der Waals surface area contributed by atoms with Gasteiger partial charge in [0.1, 0.15) is 0 Å². The Hall–Kier alpha value is -0.360. The first-order chi connectivity index (χ1) is 4.74. The van der Waals surface area contributed by atoms with Gasteiger partial charge in [0.2, 0.25) is 0 Å². The fourth-order valence-corrected chi connectivity index (χ4v) is 1.27. The van der Waals surface area contributed by atoms with Gasteiger partial charge in [-0.3, -0.25) is 4.98 Å². The third kappa shape index (κ3) is 1.57. The molecule has 1 aromatic rings. The smallest absolute Gasteiger partial charge is 0.0863 e. The second-order valence-electron chi connectivity index (χ2n) is 1.86. The number of anilines is 1. The lowest BCUT2D eigenvalue weighted by Crippen LogP contribution is -1.95. The first-order valence-corrected chi connectivity index (χ1v) is 3.82. The number of rotatable bonds is 1. The van der Waals surface area contributed by atoms with E-state index in [1.54, 1.807) is 6.07 Å². The number of aliphatic hydroxyl groups excluding tert-OH is 1. The number of nitrogens with two attached hydrogens (primary N) is 1. The summed E-state index contributed by atoms with van der Waals surface area (Å²) in [6, 6.07) is 1.78. The highest BCUT2D eigenvalue weighted by atomic mass is 127. The Labute approximate surface area is 72.4 Å². The summed E-state index contributed by atoms with van der Waals surface area (Å²) in [5.74, 6) is 0. The lowest BCUT2D eigenvalue weighted by atomic mass is 10.3. The summed E-state index contributed by atoms with van der Waals surface area (Å²) in [5.41, 5.74) is 6.74. The van der Waals surface area contributed by atoms with Crippen LogP contribution in [0.25, 0.3) is 0 Å². The average molecular weight is 250 g/mol. The highest BCUT2D eigenvalue weighted by Gasteiger charge is 1.98. The number of hydrogen-bond acceptors (Lipinski definition) is 3. The van der Waals surface area contributed by atoms with Crippen molar-refractivity contribution in [3.63, 3.8) is 0 Å². The normalized spacial score (nSPS) is 9.80. The van der Waals surface area contributed by atoms with Crippen molar-refractivity contribution in [2.45, 2.75) is 6.61 Å². The van der Waals surface area contributed by atoms with Crippen molar-refractivity contribution in [2.75, 3.05) is 5.73 Å². The Morgan fingerprint density at radius 1 is 1.70 bits per heavy atom. The summed E-state index contributed by atoms with van der Waals surface area (Å²) in [4.78, 5) is 3.91. The van der Waals surface area contributed by atoms with Crippen LogP contribution in [0.1, 0.15) is 5.69 Å². The van der Waals surface area contributed by atoms with Gasteiger partial charge in [-0.25, -0.2) is 0 Å². The molecule has 3 nitrogen and oxygen atoms in total. The van der Waals surface area contributed by atoms with E-state index in [4.69, 9.17) is 10.8 Å². The molecule has 0 aliphatic carbocycles. The number of hydrogen-bond donors (Lipinski definition) is 2. The SMILES string of the molecule is Nc1cnc(CO)c(I)c1. The summed E-state index contributed by atoms with van der Waals surface area (Å²) in [5, 5.41) is 8.70. The standard InChI is InChI=1S/C6H7IN2O/c7-5-1-4(8)2-9-6(5)3-10/h1-2,10H,3,8H2. The van der Waals surface area contributed by atoms with E-state index in [0.717, 1.165) is 3.57 Å². The van der Waals surface area contributed by atoms with Crippen LogP contribution < -0.4 is 5.73 Å². The number of aliphatic hydroxyl groups is 1. The van der Waals surface area contributed by atoms with Crippen LogP contribution in [0.4, 0.5) is 5.69 Å². The topological polar surface area (TPSA) is 59.1 Å². The second-order valence-corrected chi connectivity index (χ2v) is 3.02. The van der Waals surface area contributed by atoms with Crippen molar-refractivity contribution < 1.29 is 5.11 Å². The zero-order chi connectivity index (χ0) is 7.56. The van der Waals surface area contributed by atoms with Gasteiger partial charge in [0, 0.05) is 3.57 Å². The quantitative estimate of drug-likeness (QED) is 0.723. The van der Waals surface area contributed by atoms with E-state index in [2.05, 4.69) is 27.6 Å². The zero-order valence-electron chi connectivity index (χ0n) is 5.21. The van der Waals surface area contributed by atoms with Crippen molar-refractivity contribution in [3.8, 4) is 0 Å². The van der Waals surface area contributed by atoms with Crippen LogP contribution in [-0.4, -0.2) is 10.1 Å². The maximum Gasteiger partial charge on any atom is 0.0863 e. The third-order valence-electron chi connectivity index (χ3n) is 1.09. The summed E-state index contributed by atoms with van der Waals surface area (Å²) in [7, 11) is 0. The lowest BCUT2D eigenvalue weighted by Gasteiger charge is -1.98. The fourth-order valence-electron chi connectivity index (χ4n) is 0.597. The van der Waals surface area contributed by atoms with Gasteiger partial charge in [-0.05, 0) is 28.7 Å². The van der Waals surface area contributed by atoms with Crippen molar-refractivity contribution in [2.24, 2.45) is 0 Å². The summed E-state index contributed by atoms with van der Waals surface area (Å²) >= 11 is 2.08. The molecule has 3 N–H and O–H groups in total. The van der Waals surface area contributed by atoms with E-state index in [1.807, 2.05) is 0 Å².